The van der Waals surface area contributed by atoms with Gasteiger partial charge < -0.3 is 14.8 Å². The average Bonchev–Trinajstić information content (AvgIpc) is 2.35. The number of hydrogen-bond acceptors (Lipinski definition) is 4. The van der Waals surface area contributed by atoms with Crippen LogP contribution >= 0.6 is 0 Å². The predicted octanol–water partition coefficient (Wildman–Crippen LogP) is 1.98. The van der Waals surface area contributed by atoms with Gasteiger partial charge in [-0.3, -0.25) is 4.79 Å². The van der Waals surface area contributed by atoms with Crippen molar-refractivity contribution < 1.29 is 14.3 Å². The summed E-state index contributed by atoms with van der Waals surface area (Å²) in [7, 11) is 1.42. The van der Waals surface area contributed by atoms with Crippen LogP contribution < -0.4 is 5.32 Å². The summed E-state index contributed by atoms with van der Waals surface area (Å²) in [5.41, 5.74) is 0. The van der Waals surface area contributed by atoms with Gasteiger partial charge in [0.25, 0.3) is 0 Å². The third-order valence-corrected chi connectivity index (χ3v) is 2.90. The summed E-state index contributed by atoms with van der Waals surface area (Å²) in [6.45, 7) is 8.53. The maximum atomic E-state index is 11.3. The molecule has 1 N–H and O–H groups in total. The molecule has 0 rings (SSSR count). The number of methoxy groups -OCH3 is 1. The van der Waals surface area contributed by atoms with Crippen molar-refractivity contribution in [2.75, 3.05) is 26.9 Å². The van der Waals surface area contributed by atoms with Crippen LogP contribution in [0.4, 0.5) is 0 Å². The van der Waals surface area contributed by atoms with Crippen LogP contribution in [0.2, 0.25) is 0 Å². The molecular formula is C13H27NO3. The van der Waals surface area contributed by atoms with Crippen molar-refractivity contribution in [2.24, 2.45) is 5.92 Å². The molecule has 0 aromatic heterocycles. The second kappa shape index (κ2) is 10.5. The zero-order chi connectivity index (χ0) is 13.1. The van der Waals surface area contributed by atoms with E-state index in [0.29, 0.717) is 0 Å². The van der Waals surface area contributed by atoms with Crippen LogP contribution in [0.25, 0.3) is 0 Å². The van der Waals surface area contributed by atoms with Crippen LogP contribution in [0.1, 0.15) is 40.0 Å². The summed E-state index contributed by atoms with van der Waals surface area (Å²) in [5, 5.41) is 3.31. The van der Waals surface area contributed by atoms with Gasteiger partial charge in [0.2, 0.25) is 0 Å². The fraction of sp³-hybridized carbons (Fsp3) is 0.923. The van der Waals surface area contributed by atoms with Gasteiger partial charge in [-0.1, -0.05) is 20.3 Å². The molecule has 4 nitrogen and oxygen atoms in total. The molecule has 102 valence electrons. The second-order valence-electron chi connectivity index (χ2n) is 4.37. The molecule has 17 heavy (non-hydrogen) atoms. The number of nitrogens with one attached hydrogen (secondary N) is 1. The minimum Gasteiger partial charge on any atom is -0.469 e. The highest BCUT2D eigenvalue weighted by Gasteiger charge is 2.19. The van der Waals surface area contributed by atoms with Crippen molar-refractivity contribution in [3.8, 4) is 0 Å². The fourth-order valence-corrected chi connectivity index (χ4v) is 1.42. The van der Waals surface area contributed by atoms with Crippen molar-refractivity contribution in [3.63, 3.8) is 0 Å². The van der Waals surface area contributed by atoms with E-state index in [1.165, 1.54) is 13.5 Å². The van der Waals surface area contributed by atoms with E-state index in [2.05, 4.69) is 12.2 Å². The molecule has 0 saturated heterocycles. The zero-order valence-electron chi connectivity index (χ0n) is 11.6. The third-order valence-electron chi connectivity index (χ3n) is 2.90. The molecule has 0 aliphatic rings. The van der Waals surface area contributed by atoms with Crippen LogP contribution in [-0.2, 0) is 14.3 Å². The molecule has 0 spiro atoms. The van der Waals surface area contributed by atoms with Gasteiger partial charge in [0.1, 0.15) is 0 Å². The topological polar surface area (TPSA) is 47.6 Å². The molecule has 0 aromatic rings. The van der Waals surface area contributed by atoms with Crippen LogP contribution in [-0.4, -0.2) is 38.9 Å². The third kappa shape index (κ3) is 8.16. The molecular weight excluding hydrogens is 218 g/mol. The van der Waals surface area contributed by atoms with Crippen LogP contribution in [0.3, 0.4) is 0 Å². The minimum absolute atomic E-state index is 0.110. The SMILES string of the molecule is CCCCOCCCNC(C)C(C)C(=O)OC. The highest BCUT2D eigenvalue weighted by Crippen LogP contribution is 2.04. The standard InChI is InChI=1S/C13H27NO3/c1-5-6-9-17-10-7-8-14-12(3)11(2)13(15)16-4/h11-12,14H,5-10H2,1-4H3. The van der Waals surface area contributed by atoms with E-state index < -0.39 is 0 Å². The largest absolute Gasteiger partial charge is 0.469 e. The summed E-state index contributed by atoms with van der Waals surface area (Å²) >= 11 is 0. The number of carbonyl (C=O) groups excluding carboxylic acids is 1. The molecule has 2 atom stereocenters. The van der Waals surface area contributed by atoms with Gasteiger partial charge in [-0.05, 0) is 26.3 Å². The quantitative estimate of drug-likeness (QED) is 0.472. The molecule has 4 heteroatoms. The van der Waals surface area contributed by atoms with Crippen molar-refractivity contribution in [1.29, 1.82) is 0 Å². The van der Waals surface area contributed by atoms with Gasteiger partial charge in [0, 0.05) is 19.3 Å². The van der Waals surface area contributed by atoms with Crippen molar-refractivity contribution >= 4 is 5.97 Å². The fourth-order valence-electron chi connectivity index (χ4n) is 1.42. The van der Waals surface area contributed by atoms with E-state index in [9.17, 15) is 4.79 Å². The first-order valence-corrected chi connectivity index (χ1v) is 6.52. The van der Waals surface area contributed by atoms with Crippen molar-refractivity contribution in [1.82, 2.24) is 5.32 Å². The monoisotopic (exact) mass is 245 g/mol. The molecule has 0 radical (unpaired) electrons. The Morgan fingerprint density at radius 1 is 1.24 bits per heavy atom. The number of ether oxygens (including phenoxy) is 2. The van der Waals surface area contributed by atoms with Gasteiger partial charge >= 0.3 is 5.97 Å². The summed E-state index contributed by atoms with van der Waals surface area (Å²) in [4.78, 5) is 11.3. The number of esters is 1. The van der Waals surface area contributed by atoms with Crippen LogP contribution in [0.15, 0.2) is 0 Å². The maximum Gasteiger partial charge on any atom is 0.309 e. The highest BCUT2D eigenvalue weighted by molar-refractivity contribution is 5.72. The van der Waals surface area contributed by atoms with Gasteiger partial charge in [-0.15, -0.1) is 0 Å². The molecule has 0 aliphatic heterocycles. The summed E-state index contributed by atoms with van der Waals surface area (Å²) < 4.78 is 10.2. The molecule has 0 bridgehead atoms. The van der Waals surface area contributed by atoms with Gasteiger partial charge in [0.15, 0.2) is 0 Å². The van der Waals surface area contributed by atoms with Crippen molar-refractivity contribution in [2.45, 2.75) is 46.1 Å². The summed E-state index contributed by atoms with van der Waals surface area (Å²) in [6.07, 6.45) is 3.27. The molecule has 2 unspecified atom stereocenters. The van der Waals surface area contributed by atoms with E-state index in [0.717, 1.165) is 32.6 Å². The predicted molar refractivity (Wildman–Crippen MR) is 69.0 cm³/mol. The van der Waals surface area contributed by atoms with Crippen molar-refractivity contribution in [3.05, 3.63) is 0 Å². The smallest absolute Gasteiger partial charge is 0.309 e. The second-order valence-corrected chi connectivity index (χ2v) is 4.37. The van der Waals surface area contributed by atoms with E-state index in [4.69, 9.17) is 9.47 Å². The minimum atomic E-state index is -0.163. The Morgan fingerprint density at radius 3 is 2.47 bits per heavy atom. The van der Waals surface area contributed by atoms with Gasteiger partial charge in [0.05, 0.1) is 13.0 Å². The Bertz CT molecular complexity index is 197. The summed E-state index contributed by atoms with van der Waals surface area (Å²) in [6, 6.07) is 0.137. The average molecular weight is 245 g/mol. The van der Waals surface area contributed by atoms with E-state index >= 15 is 0 Å². The molecule has 0 saturated carbocycles. The Labute approximate surface area is 105 Å². The van der Waals surface area contributed by atoms with E-state index in [1.807, 2.05) is 13.8 Å². The zero-order valence-corrected chi connectivity index (χ0v) is 11.6. The van der Waals surface area contributed by atoms with Gasteiger partial charge in [-0.2, -0.15) is 0 Å². The Kier molecular flexibility index (Phi) is 10.2. The lowest BCUT2D eigenvalue weighted by atomic mass is 10.0. The van der Waals surface area contributed by atoms with Crippen LogP contribution in [0.5, 0.6) is 0 Å². The normalized spacial score (nSPS) is 14.4. The number of rotatable bonds is 10. The first-order valence-electron chi connectivity index (χ1n) is 6.52. The Morgan fingerprint density at radius 2 is 1.88 bits per heavy atom. The summed E-state index contributed by atoms with van der Waals surface area (Å²) in [5.74, 6) is -0.273. The molecule has 0 aliphatic carbocycles. The molecule has 0 amide bonds. The first kappa shape index (κ1) is 16.4. The maximum absolute atomic E-state index is 11.3. The number of carbonyl (C=O) groups is 1. The highest BCUT2D eigenvalue weighted by atomic mass is 16.5. The Hall–Kier alpha value is -0.610. The lowest BCUT2D eigenvalue weighted by Gasteiger charge is -2.19. The lowest BCUT2D eigenvalue weighted by Crippen LogP contribution is -2.37. The lowest BCUT2D eigenvalue weighted by molar-refractivity contribution is -0.145. The molecule has 0 aromatic carbocycles. The molecule has 0 heterocycles. The Balaban J connectivity index is 3.44. The first-order chi connectivity index (χ1) is 8.13. The van der Waals surface area contributed by atoms with E-state index in [1.54, 1.807) is 0 Å². The number of unbranched alkanes of at least 4 members (excludes halogenated alkanes) is 1. The van der Waals surface area contributed by atoms with E-state index in [-0.39, 0.29) is 17.9 Å². The number of hydrogen-bond donors (Lipinski definition) is 1. The van der Waals surface area contributed by atoms with Crippen LogP contribution in [0, 0.1) is 5.92 Å². The molecule has 0 fully saturated rings. The van der Waals surface area contributed by atoms with Gasteiger partial charge in [-0.25, -0.2) is 0 Å².